The third kappa shape index (κ3) is 3.22. The summed E-state index contributed by atoms with van der Waals surface area (Å²) in [6.45, 7) is 2.06. The first kappa shape index (κ1) is 13.3. The normalized spacial score (nSPS) is 11.3. The topological polar surface area (TPSA) is 46.4 Å². The van der Waals surface area contributed by atoms with Crippen molar-refractivity contribution in [2.45, 2.75) is 26.2 Å². The highest BCUT2D eigenvalue weighted by molar-refractivity contribution is 5.99. The molecular formula is C15H19N3O. The van der Waals surface area contributed by atoms with Crippen molar-refractivity contribution in [1.82, 2.24) is 9.99 Å². The molecule has 1 aromatic carbocycles. The Balaban J connectivity index is 2.07. The first-order valence-electron chi connectivity index (χ1n) is 6.58. The monoisotopic (exact) mass is 257 g/mol. The molecule has 2 rings (SSSR count). The lowest BCUT2D eigenvalue weighted by Crippen LogP contribution is -2.16. The molecule has 4 nitrogen and oxygen atoms in total. The summed E-state index contributed by atoms with van der Waals surface area (Å²) in [4.78, 5) is 11.4. The predicted octanol–water partition coefficient (Wildman–Crippen LogP) is 2.82. The van der Waals surface area contributed by atoms with Crippen molar-refractivity contribution >= 4 is 23.0 Å². The number of nitrogens with zero attached hydrogens (tertiary/aromatic N) is 2. The molecule has 0 fully saturated rings. The van der Waals surface area contributed by atoms with Gasteiger partial charge in [-0.1, -0.05) is 31.5 Å². The smallest absolute Gasteiger partial charge is 0.240 e. The highest BCUT2D eigenvalue weighted by Gasteiger charge is 2.03. The minimum absolute atomic E-state index is 0.0293. The summed E-state index contributed by atoms with van der Waals surface area (Å²) in [6.07, 6.45) is 6.15. The van der Waals surface area contributed by atoms with Gasteiger partial charge in [-0.05, 0) is 12.5 Å². The minimum atomic E-state index is -0.0293. The van der Waals surface area contributed by atoms with Crippen LogP contribution in [0.2, 0.25) is 0 Å². The van der Waals surface area contributed by atoms with E-state index in [1.54, 1.807) is 6.21 Å². The standard InChI is InChI=1S/C15H19N3O/c1-3-4-9-15(19)17-16-10-12-11-18(2)14-8-6-5-7-13(12)14/h5-8,10-11H,3-4,9H2,1-2H3,(H,17,19)/b16-10+. The lowest BCUT2D eigenvalue weighted by Gasteiger charge is -1.97. The summed E-state index contributed by atoms with van der Waals surface area (Å²) in [6, 6.07) is 8.12. The summed E-state index contributed by atoms with van der Waals surface area (Å²) >= 11 is 0. The first-order chi connectivity index (χ1) is 9.22. The zero-order chi connectivity index (χ0) is 13.7. The summed E-state index contributed by atoms with van der Waals surface area (Å²) < 4.78 is 2.05. The van der Waals surface area contributed by atoms with E-state index in [4.69, 9.17) is 0 Å². The fraction of sp³-hybridized carbons (Fsp3) is 0.333. The lowest BCUT2D eigenvalue weighted by atomic mass is 10.2. The molecule has 1 heterocycles. The van der Waals surface area contributed by atoms with Gasteiger partial charge in [-0.15, -0.1) is 0 Å². The van der Waals surface area contributed by atoms with Crippen LogP contribution >= 0.6 is 0 Å². The van der Waals surface area contributed by atoms with E-state index in [0.717, 1.165) is 29.3 Å². The molecule has 100 valence electrons. The maximum atomic E-state index is 11.4. The van der Waals surface area contributed by atoms with E-state index in [1.807, 2.05) is 25.4 Å². The second-order valence-electron chi connectivity index (χ2n) is 4.61. The average Bonchev–Trinajstić information content (AvgIpc) is 2.74. The van der Waals surface area contributed by atoms with Crippen LogP contribution in [0.5, 0.6) is 0 Å². The van der Waals surface area contributed by atoms with E-state index < -0.39 is 0 Å². The van der Waals surface area contributed by atoms with E-state index in [1.165, 1.54) is 0 Å². The molecule has 19 heavy (non-hydrogen) atoms. The second kappa shape index (κ2) is 6.18. The maximum absolute atomic E-state index is 11.4. The van der Waals surface area contributed by atoms with Gasteiger partial charge in [-0.25, -0.2) is 5.43 Å². The molecule has 2 aromatic rings. The van der Waals surface area contributed by atoms with Gasteiger partial charge in [-0.2, -0.15) is 5.10 Å². The van der Waals surface area contributed by atoms with E-state index in [9.17, 15) is 4.79 Å². The van der Waals surface area contributed by atoms with Crippen LogP contribution in [0, 0.1) is 0 Å². The number of unbranched alkanes of at least 4 members (excludes halogenated alkanes) is 1. The van der Waals surface area contributed by atoms with Gasteiger partial charge in [0.05, 0.1) is 6.21 Å². The number of carbonyl (C=O) groups is 1. The van der Waals surface area contributed by atoms with E-state index in [-0.39, 0.29) is 5.91 Å². The largest absolute Gasteiger partial charge is 0.350 e. The zero-order valence-corrected chi connectivity index (χ0v) is 11.4. The van der Waals surface area contributed by atoms with Crippen molar-refractivity contribution in [1.29, 1.82) is 0 Å². The first-order valence-corrected chi connectivity index (χ1v) is 6.58. The van der Waals surface area contributed by atoms with Gasteiger partial charge in [0, 0.05) is 36.1 Å². The Hall–Kier alpha value is -2.10. The Morgan fingerprint density at radius 3 is 3.00 bits per heavy atom. The van der Waals surface area contributed by atoms with Gasteiger partial charge >= 0.3 is 0 Å². The van der Waals surface area contributed by atoms with Crippen LogP contribution in [-0.4, -0.2) is 16.7 Å². The van der Waals surface area contributed by atoms with Crippen molar-refractivity contribution in [3.05, 3.63) is 36.0 Å². The van der Waals surface area contributed by atoms with Crippen LogP contribution < -0.4 is 5.43 Å². The molecule has 0 aliphatic carbocycles. The number of nitrogens with one attached hydrogen (secondary N) is 1. The molecule has 0 atom stereocenters. The quantitative estimate of drug-likeness (QED) is 0.649. The SMILES string of the molecule is CCCCC(=O)N/N=C/c1cn(C)c2ccccc12. The van der Waals surface area contributed by atoms with E-state index >= 15 is 0 Å². The van der Waals surface area contributed by atoms with Crippen molar-refractivity contribution in [2.75, 3.05) is 0 Å². The third-order valence-electron chi connectivity index (χ3n) is 3.08. The molecule has 4 heteroatoms. The van der Waals surface area contributed by atoms with Crippen LogP contribution in [0.1, 0.15) is 31.7 Å². The Bertz CT molecular complexity index is 598. The number of hydrogen-bond acceptors (Lipinski definition) is 2. The molecule has 0 aliphatic rings. The van der Waals surface area contributed by atoms with Crippen LogP contribution in [0.15, 0.2) is 35.6 Å². The summed E-state index contributed by atoms with van der Waals surface area (Å²) in [7, 11) is 2.00. The molecule has 1 aromatic heterocycles. The van der Waals surface area contributed by atoms with Gasteiger partial charge in [0.25, 0.3) is 0 Å². The zero-order valence-electron chi connectivity index (χ0n) is 11.4. The van der Waals surface area contributed by atoms with Crippen molar-refractivity contribution in [2.24, 2.45) is 12.1 Å². The predicted molar refractivity (Wildman–Crippen MR) is 78.2 cm³/mol. The molecule has 0 spiro atoms. The number of benzene rings is 1. The number of aromatic nitrogens is 1. The number of carbonyl (C=O) groups excluding carboxylic acids is 1. The number of fused-ring (bicyclic) bond motifs is 1. The molecule has 0 radical (unpaired) electrons. The average molecular weight is 257 g/mol. The third-order valence-corrected chi connectivity index (χ3v) is 3.08. The molecular weight excluding hydrogens is 238 g/mol. The Kier molecular flexibility index (Phi) is 4.34. The van der Waals surface area contributed by atoms with Gasteiger partial charge in [0.15, 0.2) is 0 Å². The fourth-order valence-corrected chi connectivity index (χ4v) is 2.04. The number of amides is 1. The Morgan fingerprint density at radius 1 is 1.42 bits per heavy atom. The van der Waals surface area contributed by atoms with Gasteiger partial charge in [0.1, 0.15) is 0 Å². The van der Waals surface area contributed by atoms with Gasteiger partial charge < -0.3 is 4.57 Å². The molecule has 0 saturated carbocycles. The Labute approximate surface area is 113 Å². The van der Waals surface area contributed by atoms with Gasteiger partial charge in [-0.3, -0.25) is 4.79 Å². The minimum Gasteiger partial charge on any atom is -0.350 e. The fourth-order valence-electron chi connectivity index (χ4n) is 2.04. The molecule has 1 amide bonds. The summed E-state index contributed by atoms with van der Waals surface area (Å²) in [5.74, 6) is -0.0293. The van der Waals surface area contributed by atoms with Crippen LogP contribution in [0.25, 0.3) is 10.9 Å². The Morgan fingerprint density at radius 2 is 2.21 bits per heavy atom. The van der Waals surface area contributed by atoms with Crippen molar-refractivity contribution in [3.63, 3.8) is 0 Å². The summed E-state index contributed by atoms with van der Waals surface area (Å²) in [5, 5.41) is 5.16. The lowest BCUT2D eigenvalue weighted by molar-refractivity contribution is -0.121. The molecule has 1 N–H and O–H groups in total. The highest BCUT2D eigenvalue weighted by Crippen LogP contribution is 2.18. The number of aryl methyl sites for hydroxylation is 1. The van der Waals surface area contributed by atoms with Crippen LogP contribution in [0.3, 0.4) is 0 Å². The highest BCUT2D eigenvalue weighted by atomic mass is 16.2. The van der Waals surface area contributed by atoms with Crippen LogP contribution in [0.4, 0.5) is 0 Å². The number of hydrazone groups is 1. The van der Waals surface area contributed by atoms with Gasteiger partial charge in [0.2, 0.25) is 5.91 Å². The second-order valence-corrected chi connectivity index (χ2v) is 4.61. The number of hydrogen-bond donors (Lipinski definition) is 1. The van der Waals surface area contributed by atoms with Crippen LogP contribution in [-0.2, 0) is 11.8 Å². The molecule has 0 unspecified atom stereocenters. The van der Waals surface area contributed by atoms with E-state index in [2.05, 4.69) is 34.2 Å². The number of para-hydroxylation sites is 1. The van der Waals surface area contributed by atoms with E-state index in [0.29, 0.717) is 6.42 Å². The molecule has 0 aliphatic heterocycles. The molecule has 0 bridgehead atoms. The van der Waals surface area contributed by atoms with Crippen molar-refractivity contribution in [3.8, 4) is 0 Å². The molecule has 0 saturated heterocycles. The van der Waals surface area contributed by atoms with Crippen molar-refractivity contribution < 1.29 is 4.79 Å². The summed E-state index contributed by atoms with van der Waals surface area (Å²) in [5.41, 5.74) is 4.72. The number of rotatable bonds is 5. The maximum Gasteiger partial charge on any atom is 0.240 e.